The van der Waals surface area contributed by atoms with E-state index in [1.807, 2.05) is 0 Å². The average molecular weight is 150 g/mol. The lowest BCUT2D eigenvalue weighted by atomic mass is 10.4. The van der Waals surface area contributed by atoms with Gasteiger partial charge in [0, 0.05) is 5.57 Å². The molecule has 0 aromatic carbocycles. The third-order valence-electron chi connectivity index (χ3n) is 0.513. The Hall–Kier alpha value is -0.440. The topological polar surface area (TPSA) is 66.8 Å². The molecular weight excluding hydrogens is 143 g/mol. The van der Waals surface area contributed by atoms with Crippen molar-refractivity contribution in [3.05, 3.63) is 12.2 Å². The quantitative estimate of drug-likeness (QED) is 0.439. The van der Waals surface area contributed by atoms with Crippen LogP contribution in [0.25, 0.3) is 0 Å². The molecule has 9 heavy (non-hydrogen) atoms. The molecule has 0 heterocycles. The van der Waals surface area contributed by atoms with E-state index in [9.17, 15) is 4.79 Å². The standard InChI is InChI=1S/C4H7O4P/c1-3(2)4(5)8-9(6)7/h6-7H,1H2,2H3. The minimum absolute atomic E-state index is 0.144. The summed E-state index contributed by atoms with van der Waals surface area (Å²) in [6, 6.07) is 0. The van der Waals surface area contributed by atoms with Crippen molar-refractivity contribution in [2.75, 3.05) is 0 Å². The van der Waals surface area contributed by atoms with Gasteiger partial charge in [0.2, 0.25) is 0 Å². The molecule has 0 spiro atoms. The summed E-state index contributed by atoms with van der Waals surface area (Å²) in [5.41, 5.74) is 0.144. The molecule has 0 radical (unpaired) electrons. The molecule has 0 aromatic rings. The zero-order chi connectivity index (χ0) is 7.44. The number of carbonyl (C=O) groups excluding carboxylic acids is 1. The molecule has 0 aliphatic rings. The number of hydrogen-bond acceptors (Lipinski definition) is 4. The van der Waals surface area contributed by atoms with E-state index < -0.39 is 14.6 Å². The first kappa shape index (κ1) is 8.56. The van der Waals surface area contributed by atoms with Crippen molar-refractivity contribution in [3.63, 3.8) is 0 Å². The highest BCUT2D eigenvalue weighted by Gasteiger charge is 2.08. The van der Waals surface area contributed by atoms with Gasteiger partial charge in [0.05, 0.1) is 0 Å². The number of carbonyl (C=O) groups is 1. The molecule has 0 bridgehead atoms. The van der Waals surface area contributed by atoms with Crippen molar-refractivity contribution in [1.29, 1.82) is 0 Å². The van der Waals surface area contributed by atoms with Crippen molar-refractivity contribution < 1.29 is 19.1 Å². The van der Waals surface area contributed by atoms with E-state index in [0.29, 0.717) is 0 Å². The highest BCUT2D eigenvalue weighted by atomic mass is 31.2. The number of hydrogen-bond donors (Lipinski definition) is 2. The summed E-state index contributed by atoms with van der Waals surface area (Å²) in [5.74, 6) is -0.786. The fourth-order valence-electron chi connectivity index (χ4n) is 0.152. The SMILES string of the molecule is C=C(C)C(=O)OP(O)O. The Morgan fingerprint density at radius 3 is 2.22 bits per heavy atom. The number of rotatable bonds is 2. The van der Waals surface area contributed by atoms with Gasteiger partial charge in [-0.05, 0) is 6.92 Å². The third-order valence-corrected chi connectivity index (χ3v) is 0.842. The summed E-state index contributed by atoms with van der Waals surface area (Å²) in [7, 11) is -2.58. The largest absolute Gasteiger partial charge is 0.394 e. The average Bonchev–Trinajstić information content (AvgIpc) is 1.63. The Labute approximate surface area is 53.8 Å². The minimum atomic E-state index is -2.58. The molecule has 5 heteroatoms. The van der Waals surface area contributed by atoms with Gasteiger partial charge in [0.25, 0.3) is 0 Å². The van der Waals surface area contributed by atoms with E-state index in [1.165, 1.54) is 6.92 Å². The Morgan fingerprint density at radius 2 is 2.11 bits per heavy atom. The Kier molecular flexibility index (Phi) is 3.39. The third kappa shape index (κ3) is 4.09. The van der Waals surface area contributed by atoms with Crippen molar-refractivity contribution in [1.82, 2.24) is 0 Å². The Balaban J connectivity index is 3.65. The van der Waals surface area contributed by atoms with Crippen LogP contribution in [0.2, 0.25) is 0 Å². The summed E-state index contributed by atoms with van der Waals surface area (Å²) < 4.78 is 3.95. The predicted octanol–water partition coefficient (Wildman–Crippen LogP) is 0.317. The fraction of sp³-hybridized carbons (Fsp3) is 0.250. The Morgan fingerprint density at radius 1 is 1.67 bits per heavy atom. The van der Waals surface area contributed by atoms with Crippen LogP contribution in [-0.2, 0) is 9.32 Å². The van der Waals surface area contributed by atoms with Crippen molar-refractivity contribution >= 4 is 14.6 Å². The summed E-state index contributed by atoms with van der Waals surface area (Å²) in [5, 5.41) is 0. The summed E-state index contributed by atoms with van der Waals surface area (Å²) in [4.78, 5) is 26.5. The monoisotopic (exact) mass is 150 g/mol. The van der Waals surface area contributed by atoms with Crippen molar-refractivity contribution in [3.8, 4) is 0 Å². The van der Waals surface area contributed by atoms with Crippen LogP contribution in [0.3, 0.4) is 0 Å². The highest BCUT2D eigenvalue weighted by Crippen LogP contribution is 2.25. The fourth-order valence-corrected chi connectivity index (χ4v) is 0.456. The summed E-state index contributed by atoms with van der Waals surface area (Å²) in [6.07, 6.45) is 0. The van der Waals surface area contributed by atoms with E-state index in [-0.39, 0.29) is 5.57 Å². The summed E-state index contributed by atoms with van der Waals surface area (Å²) in [6.45, 7) is 4.64. The molecule has 0 aromatic heterocycles. The second-order valence-corrected chi connectivity index (χ2v) is 2.10. The normalized spacial score (nSPS) is 9.33. The van der Waals surface area contributed by atoms with Crippen LogP contribution in [0.1, 0.15) is 6.92 Å². The van der Waals surface area contributed by atoms with Crippen molar-refractivity contribution in [2.24, 2.45) is 0 Å². The van der Waals surface area contributed by atoms with E-state index in [0.717, 1.165) is 0 Å². The van der Waals surface area contributed by atoms with Gasteiger partial charge >= 0.3 is 14.6 Å². The summed E-state index contributed by atoms with van der Waals surface area (Å²) >= 11 is 0. The lowest BCUT2D eigenvalue weighted by molar-refractivity contribution is -0.130. The highest BCUT2D eigenvalue weighted by molar-refractivity contribution is 7.40. The van der Waals surface area contributed by atoms with E-state index in [1.54, 1.807) is 0 Å². The second kappa shape index (κ2) is 3.56. The predicted molar refractivity (Wildman–Crippen MR) is 32.3 cm³/mol. The maximum atomic E-state index is 10.3. The maximum absolute atomic E-state index is 10.3. The zero-order valence-electron chi connectivity index (χ0n) is 4.87. The van der Waals surface area contributed by atoms with Crippen LogP contribution >= 0.6 is 8.60 Å². The molecule has 0 rings (SSSR count). The molecule has 2 N–H and O–H groups in total. The van der Waals surface area contributed by atoms with Crippen molar-refractivity contribution in [2.45, 2.75) is 6.92 Å². The van der Waals surface area contributed by atoms with Crippen LogP contribution in [0.15, 0.2) is 12.2 Å². The molecule has 0 aliphatic heterocycles. The molecule has 52 valence electrons. The molecule has 0 aliphatic carbocycles. The molecule has 0 saturated heterocycles. The van der Waals surface area contributed by atoms with Crippen LogP contribution in [0.4, 0.5) is 0 Å². The van der Waals surface area contributed by atoms with Crippen LogP contribution in [0.5, 0.6) is 0 Å². The van der Waals surface area contributed by atoms with E-state index in [2.05, 4.69) is 11.1 Å². The second-order valence-electron chi connectivity index (χ2n) is 1.41. The molecular formula is C4H7O4P. The molecule has 4 nitrogen and oxygen atoms in total. The van der Waals surface area contributed by atoms with Gasteiger partial charge in [-0.25, -0.2) is 4.79 Å². The zero-order valence-corrected chi connectivity index (χ0v) is 5.76. The lowest BCUT2D eigenvalue weighted by Gasteiger charge is -2.00. The Bertz CT molecular complexity index is 131. The maximum Gasteiger partial charge on any atom is 0.394 e. The molecule has 0 unspecified atom stereocenters. The molecule has 0 fully saturated rings. The van der Waals surface area contributed by atoms with Crippen LogP contribution in [0, 0.1) is 0 Å². The van der Waals surface area contributed by atoms with Gasteiger partial charge in [-0.2, -0.15) is 0 Å². The van der Waals surface area contributed by atoms with Crippen LogP contribution < -0.4 is 0 Å². The van der Waals surface area contributed by atoms with Gasteiger partial charge in [-0.15, -0.1) is 0 Å². The van der Waals surface area contributed by atoms with Gasteiger partial charge in [0.15, 0.2) is 0 Å². The van der Waals surface area contributed by atoms with E-state index >= 15 is 0 Å². The van der Waals surface area contributed by atoms with E-state index in [4.69, 9.17) is 9.79 Å². The first-order valence-electron chi connectivity index (χ1n) is 2.09. The van der Waals surface area contributed by atoms with Gasteiger partial charge in [-0.3, -0.25) is 0 Å². The first-order chi connectivity index (χ1) is 4.04. The molecule has 0 amide bonds. The van der Waals surface area contributed by atoms with Gasteiger partial charge in [-0.1, -0.05) is 6.58 Å². The molecule has 0 atom stereocenters. The van der Waals surface area contributed by atoms with Gasteiger partial charge < -0.3 is 14.3 Å². The molecule has 0 saturated carbocycles. The lowest BCUT2D eigenvalue weighted by Crippen LogP contribution is -1.99. The first-order valence-corrected chi connectivity index (χ1v) is 3.26. The van der Waals surface area contributed by atoms with Gasteiger partial charge in [0.1, 0.15) is 0 Å². The smallest absolute Gasteiger partial charge is 0.391 e. The van der Waals surface area contributed by atoms with Crippen LogP contribution in [-0.4, -0.2) is 15.8 Å². The minimum Gasteiger partial charge on any atom is -0.391 e.